The van der Waals surface area contributed by atoms with Crippen molar-refractivity contribution >= 4 is 5.97 Å². The molecule has 2 aromatic carbocycles. The van der Waals surface area contributed by atoms with E-state index in [1.54, 1.807) is 0 Å². The number of hydrogen-bond acceptors (Lipinski definition) is 6. The molecular weight excluding hydrogens is 468 g/mol. The van der Waals surface area contributed by atoms with Gasteiger partial charge in [0.05, 0.1) is 46.8 Å². The Bertz CT molecular complexity index is 839. The van der Waals surface area contributed by atoms with Crippen LogP contribution in [0.2, 0.25) is 0 Å². The second-order valence-corrected chi connectivity index (χ2v) is 9.16. The SMILES string of the molecule is CCCCCCCCCCc1ccc(OCCOCCOCCOCc2ccccc2)c(C(=O)OC)c1. The molecule has 0 heterocycles. The van der Waals surface area contributed by atoms with Crippen LogP contribution in [-0.4, -0.2) is 52.7 Å². The van der Waals surface area contributed by atoms with Crippen molar-refractivity contribution in [1.29, 1.82) is 0 Å². The highest BCUT2D eigenvalue weighted by atomic mass is 16.6. The lowest BCUT2D eigenvalue weighted by atomic mass is 10.0. The van der Waals surface area contributed by atoms with Crippen LogP contribution < -0.4 is 4.74 Å². The molecule has 37 heavy (non-hydrogen) atoms. The van der Waals surface area contributed by atoms with Crippen molar-refractivity contribution in [2.45, 2.75) is 71.3 Å². The third-order valence-electron chi connectivity index (χ3n) is 6.11. The van der Waals surface area contributed by atoms with Gasteiger partial charge in [0.2, 0.25) is 0 Å². The smallest absolute Gasteiger partial charge is 0.341 e. The summed E-state index contributed by atoms with van der Waals surface area (Å²) in [5, 5.41) is 0. The highest BCUT2D eigenvalue weighted by molar-refractivity contribution is 5.92. The fraction of sp³-hybridized carbons (Fsp3) is 0.581. The molecule has 2 aromatic rings. The summed E-state index contributed by atoms with van der Waals surface area (Å²) in [5.41, 5.74) is 2.76. The summed E-state index contributed by atoms with van der Waals surface area (Å²) >= 11 is 0. The third kappa shape index (κ3) is 14.2. The maximum absolute atomic E-state index is 12.3. The van der Waals surface area contributed by atoms with E-state index in [1.807, 2.05) is 48.5 Å². The molecule has 0 fully saturated rings. The Morgan fingerprint density at radius 1 is 0.676 bits per heavy atom. The maximum atomic E-state index is 12.3. The summed E-state index contributed by atoms with van der Waals surface area (Å²) in [4.78, 5) is 12.3. The first kappa shape index (κ1) is 30.8. The Hall–Kier alpha value is -2.41. The number of unbranched alkanes of at least 4 members (excludes halogenated alkanes) is 7. The lowest BCUT2D eigenvalue weighted by molar-refractivity contribution is 0.00588. The van der Waals surface area contributed by atoms with Gasteiger partial charge in [-0.25, -0.2) is 4.79 Å². The van der Waals surface area contributed by atoms with Gasteiger partial charge >= 0.3 is 5.97 Å². The van der Waals surface area contributed by atoms with Gasteiger partial charge in [-0.1, -0.05) is 88.3 Å². The molecule has 0 N–H and O–H groups in total. The number of hydrogen-bond donors (Lipinski definition) is 0. The topological polar surface area (TPSA) is 63.2 Å². The molecule has 0 aliphatic heterocycles. The highest BCUT2D eigenvalue weighted by Gasteiger charge is 2.14. The maximum Gasteiger partial charge on any atom is 0.341 e. The molecule has 0 saturated heterocycles. The van der Waals surface area contributed by atoms with Crippen molar-refractivity contribution in [3.8, 4) is 5.75 Å². The van der Waals surface area contributed by atoms with Crippen molar-refractivity contribution in [1.82, 2.24) is 0 Å². The quantitative estimate of drug-likeness (QED) is 0.127. The Morgan fingerprint density at radius 3 is 1.97 bits per heavy atom. The van der Waals surface area contributed by atoms with Gasteiger partial charge in [-0.3, -0.25) is 0 Å². The van der Waals surface area contributed by atoms with Crippen LogP contribution in [0.5, 0.6) is 5.75 Å². The molecule has 0 amide bonds. The average Bonchev–Trinajstić information content (AvgIpc) is 2.93. The molecule has 0 aromatic heterocycles. The van der Waals surface area contributed by atoms with Crippen LogP contribution in [0.25, 0.3) is 0 Å². The van der Waals surface area contributed by atoms with Crippen molar-refractivity contribution in [2.24, 2.45) is 0 Å². The van der Waals surface area contributed by atoms with Gasteiger partial charge in [-0.05, 0) is 36.1 Å². The lowest BCUT2D eigenvalue weighted by Crippen LogP contribution is -2.14. The van der Waals surface area contributed by atoms with Gasteiger partial charge < -0.3 is 23.7 Å². The molecule has 0 saturated carbocycles. The largest absolute Gasteiger partial charge is 0.490 e. The molecule has 2 rings (SSSR count). The summed E-state index contributed by atoms with van der Waals surface area (Å²) in [5.74, 6) is 0.151. The minimum atomic E-state index is -0.378. The number of carbonyl (C=O) groups is 1. The zero-order valence-electron chi connectivity index (χ0n) is 22.9. The predicted octanol–water partition coefficient (Wildman–Crippen LogP) is 6.79. The van der Waals surface area contributed by atoms with E-state index >= 15 is 0 Å². The van der Waals surface area contributed by atoms with E-state index in [-0.39, 0.29) is 5.97 Å². The lowest BCUT2D eigenvalue weighted by Gasteiger charge is -2.12. The third-order valence-corrected chi connectivity index (χ3v) is 6.11. The summed E-state index contributed by atoms with van der Waals surface area (Å²) < 4.78 is 27.5. The number of ether oxygens (including phenoxy) is 5. The second kappa shape index (κ2) is 20.6. The monoisotopic (exact) mass is 514 g/mol. The van der Waals surface area contributed by atoms with Crippen LogP contribution in [0, 0.1) is 0 Å². The van der Waals surface area contributed by atoms with Gasteiger partial charge in [0.25, 0.3) is 0 Å². The van der Waals surface area contributed by atoms with Crippen LogP contribution in [-0.2, 0) is 32.0 Å². The minimum absolute atomic E-state index is 0.349. The number of carbonyl (C=O) groups excluding carboxylic acids is 1. The van der Waals surface area contributed by atoms with Gasteiger partial charge in [-0.2, -0.15) is 0 Å². The molecule has 0 unspecified atom stereocenters. The van der Waals surface area contributed by atoms with E-state index < -0.39 is 0 Å². The fourth-order valence-electron chi connectivity index (χ4n) is 4.01. The van der Waals surface area contributed by atoms with Crippen LogP contribution in [0.15, 0.2) is 48.5 Å². The Morgan fingerprint density at radius 2 is 1.30 bits per heavy atom. The van der Waals surface area contributed by atoms with Crippen molar-refractivity contribution in [3.05, 3.63) is 65.2 Å². The average molecular weight is 515 g/mol. The minimum Gasteiger partial charge on any atom is -0.490 e. The highest BCUT2D eigenvalue weighted by Crippen LogP contribution is 2.23. The molecule has 6 heteroatoms. The summed E-state index contributed by atoms with van der Waals surface area (Å²) in [7, 11) is 1.40. The van der Waals surface area contributed by atoms with E-state index in [4.69, 9.17) is 23.7 Å². The molecular formula is C31H46O6. The molecule has 0 aliphatic rings. The van der Waals surface area contributed by atoms with E-state index in [2.05, 4.69) is 6.92 Å². The predicted molar refractivity (Wildman–Crippen MR) is 147 cm³/mol. The molecule has 0 radical (unpaired) electrons. The first-order chi connectivity index (χ1) is 18.2. The van der Waals surface area contributed by atoms with Gasteiger partial charge in [0.15, 0.2) is 0 Å². The molecule has 6 nitrogen and oxygen atoms in total. The number of esters is 1. The Balaban J connectivity index is 1.56. The summed E-state index contributed by atoms with van der Waals surface area (Å²) in [6.45, 7) is 5.64. The Labute approximate surface area is 223 Å². The van der Waals surface area contributed by atoms with Crippen molar-refractivity contribution in [2.75, 3.05) is 46.8 Å². The van der Waals surface area contributed by atoms with Crippen LogP contribution >= 0.6 is 0 Å². The molecule has 0 aliphatic carbocycles. The molecule has 206 valence electrons. The number of methoxy groups -OCH3 is 1. The van der Waals surface area contributed by atoms with Crippen molar-refractivity contribution in [3.63, 3.8) is 0 Å². The standard InChI is InChI=1S/C31H46O6/c1-3-4-5-6-7-8-9-11-14-27-17-18-30(29(25-27)31(32)33-2)37-24-23-35-20-19-34-21-22-36-26-28-15-12-10-13-16-28/h10,12-13,15-18,25H,3-9,11,14,19-24,26H2,1-2H3. The zero-order chi connectivity index (χ0) is 26.4. The fourth-order valence-corrected chi connectivity index (χ4v) is 4.01. The van der Waals surface area contributed by atoms with Crippen LogP contribution in [0.4, 0.5) is 0 Å². The molecule has 0 spiro atoms. The summed E-state index contributed by atoms with van der Waals surface area (Å²) in [6, 6.07) is 15.9. The van der Waals surface area contributed by atoms with Crippen LogP contribution in [0.1, 0.15) is 79.8 Å². The number of aryl methyl sites for hydroxylation is 1. The summed E-state index contributed by atoms with van der Waals surface area (Å²) in [6.07, 6.45) is 11.2. The van der Waals surface area contributed by atoms with Crippen LogP contribution in [0.3, 0.4) is 0 Å². The number of rotatable bonds is 22. The van der Waals surface area contributed by atoms with E-state index in [1.165, 1.54) is 52.1 Å². The first-order valence-electron chi connectivity index (χ1n) is 13.9. The van der Waals surface area contributed by atoms with E-state index in [0.717, 1.165) is 24.0 Å². The van der Waals surface area contributed by atoms with E-state index in [9.17, 15) is 4.79 Å². The molecule has 0 atom stereocenters. The van der Waals surface area contributed by atoms with Gasteiger partial charge in [0.1, 0.15) is 17.9 Å². The van der Waals surface area contributed by atoms with E-state index in [0.29, 0.717) is 57.6 Å². The molecule has 0 bridgehead atoms. The van der Waals surface area contributed by atoms with Gasteiger partial charge in [-0.15, -0.1) is 0 Å². The number of benzene rings is 2. The Kier molecular flexibility index (Phi) is 17.2. The normalized spacial score (nSPS) is 11.0. The zero-order valence-corrected chi connectivity index (χ0v) is 22.9. The first-order valence-corrected chi connectivity index (χ1v) is 13.9. The van der Waals surface area contributed by atoms with Gasteiger partial charge in [0, 0.05) is 0 Å². The van der Waals surface area contributed by atoms with Crippen molar-refractivity contribution < 1.29 is 28.5 Å². The second-order valence-electron chi connectivity index (χ2n) is 9.16.